The molecule has 0 amide bonds. The minimum atomic E-state index is 0.376. The molecule has 8 rings (SSSR count). The molecule has 0 fully saturated rings. The third-order valence-corrected chi connectivity index (χ3v) is 8.98. The molecule has 0 saturated heterocycles. The second kappa shape index (κ2) is 12.0. The number of aromatic nitrogens is 5. The summed E-state index contributed by atoms with van der Waals surface area (Å²) in [6, 6.07) is 40.4. The summed E-state index contributed by atoms with van der Waals surface area (Å²) in [5.41, 5.74) is 12.3. The quantitative estimate of drug-likeness (QED) is 0.188. The summed E-state index contributed by atoms with van der Waals surface area (Å²) in [7, 11) is 0. The van der Waals surface area contributed by atoms with Gasteiger partial charge in [0.2, 0.25) is 0 Å². The molecule has 0 radical (unpaired) electrons. The van der Waals surface area contributed by atoms with Gasteiger partial charge in [-0.25, -0.2) is 19.9 Å². The van der Waals surface area contributed by atoms with E-state index in [1.807, 2.05) is 18.2 Å². The standard InChI is InChI=1S/C42H27N7/c1-26-7-3-5-9-33(26)30-11-14-38-35(17-30)36-18-31(34-10-6-4-8-27(34)2)12-15-39(36)49(38)40-16-13-32(41-45-22-28(20-43)23-46-41)19-37(40)42-47-24-29(21-44)25-48-42/h3-19,22-25H,1-2H3. The van der Waals surface area contributed by atoms with Gasteiger partial charge in [0.05, 0.1) is 27.8 Å². The summed E-state index contributed by atoms with van der Waals surface area (Å²) in [5.74, 6) is 0.945. The number of benzene rings is 5. The maximum atomic E-state index is 9.45. The fraction of sp³-hybridized carbons (Fsp3) is 0.0476. The molecular formula is C42H27N7. The molecule has 0 N–H and O–H groups in total. The number of aryl methyl sites for hydroxylation is 2. The third kappa shape index (κ3) is 5.17. The molecular weight excluding hydrogens is 603 g/mol. The lowest BCUT2D eigenvalue weighted by Crippen LogP contribution is -2.01. The largest absolute Gasteiger partial charge is 0.308 e. The fourth-order valence-electron chi connectivity index (χ4n) is 6.52. The normalized spacial score (nSPS) is 11.0. The first kappa shape index (κ1) is 29.4. The van der Waals surface area contributed by atoms with Crippen molar-refractivity contribution < 1.29 is 0 Å². The van der Waals surface area contributed by atoms with E-state index in [1.165, 1.54) is 47.0 Å². The lowest BCUT2D eigenvalue weighted by atomic mass is 9.97. The van der Waals surface area contributed by atoms with Gasteiger partial charge in [0.1, 0.15) is 12.1 Å². The summed E-state index contributed by atoms with van der Waals surface area (Å²) >= 11 is 0. The van der Waals surface area contributed by atoms with E-state index in [2.05, 4.69) is 135 Å². The van der Waals surface area contributed by atoms with Crippen molar-refractivity contribution in [2.75, 3.05) is 0 Å². The van der Waals surface area contributed by atoms with Crippen LogP contribution in [0.3, 0.4) is 0 Å². The van der Waals surface area contributed by atoms with E-state index in [-0.39, 0.29) is 0 Å². The molecule has 7 nitrogen and oxygen atoms in total. The second-order valence-electron chi connectivity index (χ2n) is 12.0. The number of nitriles is 2. The molecule has 8 aromatic rings. The Labute approximate surface area is 283 Å². The predicted molar refractivity (Wildman–Crippen MR) is 193 cm³/mol. The fourth-order valence-corrected chi connectivity index (χ4v) is 6.52. The molecule has 3 heterocycles. The second-order valence-corrected chi connectivity index (χ2v) is 12.0. The summed E-state index contributed by atoms with van der Waals surface area (Å²) in [5, 5.41) is 21.0. The molecule has 0 atom stereocenters. The molecule has 3 aromatic heterocycles. The van der Waals surface area contributed by atoms with Crippen molar-refractivity contribution in [2.24, 2.45) is 0 Å². The Morgan fingerprint density at radius 2 is 0.959 bits per heavy atom. The Morgan fingerprint density at radius 3 is 1.45 bits per heavy atom. The van der Waals surface area contributed by atoms with E-state index >= 15 is 0 Å². The minimum Gasteiger partial charge on any atom is -0.308 e. The van der Waals surface area contributed by atoms with Crippen LogP contribution in [0, 0.1) is 36.5 Å². The van der Waals surface area contributed by atoms with Crippen molar-refractivity contribution in [2.45, 2.75) is 13.8 Å². The van der Waals surface area contributed by atoms with Gasteiger partial charge in [0.25, 0.3) is 0 Å². The monoisotopic (exact) mass is 629 g/mol. The van der Waals surface area contributed by atoms with Crippen LogP contribution in [0.15, 0.2) is 128 Å². The number of rotatable bonds is 5. The molecule has 7 heteroatoms. The first-order valence-electron chi connectivity index (χ1n) is 15.8. The van der Waals surface area contributed by atoms with Crippen LogP contribution in [0.25, 0.3) is 72.5 Å². The maximum Gasteiger partial charge on any atom is 0.161 e. The molecule has 0 bridgehead atoms. The summed E-state index contributed by atoms with van der Waals surface area (Å²) in [6.07, 6.45) is 6.09. The highest BCUT2D eigenvalue weighted by Gasteiger charge is 2.20. The lowest BCUT2D eigenvalue weighted by Gasteiger charge is -2.15. The predicted octanol–water partition coefficient (Wildman–Crippen LogP) is 9.39. The summed E-state index contributed by atoms with van der Waals surface area (Å²) in [4.78, 5) is 18.1. The zero-order valence-electron chi connectivity index (χ0n) is 26.8. The van der Waals surface area contributed by atoms with Crippen LogP contribution in [0.1, 0.15) is 22.3 Å². The Hall–Kier alpha value is -6.96. The highest BCUT2D eigenvalue weighted by molar-refractivity contribution is 6.12. The van der Waals surface area contributed by atoms with E-state index in [4.69, 9.17) is 0 Å². The molecule has 0 spiro atoms. The highest BCUT2D eigenvalue weighted by atomic mass is 15.0. The number of hydrogen-bond donors (Lipinski definition) is 0. The third-order valence-electron chi connectivity index (χ3n) is 8.98. The average molecular weight is 630 g/mol. The van der Waals surface area contributed by atoms with Crippen molar-refractivity contribution in [3.05, 3.63) is 150 Å². The number of fused-ring (bicyclic) bond motifs is 3. The van der Waals surface area contributed by atoms with Crippen LogP contribution < -0.4 is 0 Å². The Balaban J connectivity index is 1.42. The van der Waals surface area contributed by atoms with Crippen molar-refractivity contribution in [3.63, 3.8) is 0 Å². The van der Waals surface area contributed by atoms with Crippen molar-refractivity contribution in [1.82, 2.24) is 24.5 Å². The average Bonchev–Trinajstić information content (AvgIpc) is 3.48. The smallest absolute Gasteiger partial charge is 0.161 e. The van der Waals surface area contributed by atoms with Crippen LogP contribution in [-0.2, 0) is 0 Å². The van der Waals surface area contributed by atoms with Gasteiger partial charge in [-0.05, 0) is 89.7 Å². The zero-order chi connectivity index (χ0) is 33.5. The number of hydrogen-bond acceptors (Lipinski definition) is 6. The van der Waals surface area contributed by atoms with Crippen molar-refractivity contribution in [3.8, 4) is 62.9 Å². The summed E-state index contributed by atoms with van der Waals surface area (Å²) < 4.78 is 2.26. The molecule has 0 aliphatic carbocycles. The van der Waals surface area contributed by atoms with Crippen LogP contribution in [0.2, 0.25) is 0 Å². The van der Waals surface area contributed by atoms with Gasteiger partial charge in [0.15, 0.2) is 11.6 Å². The van der Waals surface area contributed by atoms with E-state index in [1.54, 1.807) is 0 Å². The van der Waals surface area contributed by atoms with Crippen molar-refractivity contribution >= 4 is 21.8 Å². The molecule has 0 saturated carbocycles. The summed E-state index contributed by atoms with van der Waals surface area (Å²) in [6.45, 7) is 4.28. The van der Waals surface area contributed by atoms with E-state index in [0.717, 1.165) is 49.7 Å². The Bertz CT molecular complexity index is 2540. The van der Waals surface area contributed by atoms with E-state index in [0.29, 0.717) is 22.8 Å². The Kier molecular flexibility index (Phi) is 7.21. The first-order valence-corrected chi connectivity index (χ1v) is 15.8. The SMILES string of the molecule is Cc1ccccc1-c1ccc2c(c1)c1cc(-c3ccccc3C)ccc1n2-c1ccc(-c2ncc(C#N)cn2)cc1-c1ncc(C#N)cn1. The van der Waals surface area contributed by atoms with Gasteiger partial charge in [-0.2, -0.15) is 10.5 Å². The van der Waals surface area contributed by atoms with E-state index < -0.39 is 0 Å². The maximum absolute atomic E-state index is 9.45. The van der Waals surface area contributed by atoms with Crippen LogP contribution in [0.4, 0.5) is 0 Å². The molecule has 49 heavy (non-hydrogen) atoms. The molecule has 0 unspecified atom stereocenters. The molecule has 5 aromatic carbocycles. The number of nitrogens with zero attached hydrogens (tertiary/aromatic N) is 7. The van der Waals surface area contributed by atoms with Crippen LogP contribution in [-0.4, -0.2) is 24.5 Å². The van der Waals surface area contributed by atoms with Gasteiger partial charge in [0, 0.05) is 46.7 Å². The van der Waals surface area contributed by atoms with Crippen LogP contribution >= 0.6 is 0 Å². The first-order chi connectivity index (χ1) is 24.0. The lowest BCUT2D eigenvalue weighted by molar-refractivity contribution is 1.12. The minimum absolute atomic E-state index is 0.376. The van der Waals surface area contributed by atoms with E-state index in [9.17, 15) is 10.5 Å². The van der Waals surface area contributed by atoms with Gasteiger partial charge in [-0.1, -0.05) is 60.7 Å². The van der Waals surface area contributed by atoms with Gasteiger partial charge in [-0.15, -0.1) is 0 Å². The van der Waals surface area contributed by atoms with Gasteiger partial charge in [-0.3, -0.25) is 0 Å². The van der Waals surface area contributed by atoms with Gasteiger partial charge < -0.3 is 4.57 Å². The topological polar surface area (TPSA) is 104 Å². The van der Waals surface area contributed by atoms with Gasteiger partial charge >= 0.3 is 0 Å². The highest BCUT2D eigenvalue weighted by Crippen LogP contribution is 2.40. The molecule has 0 aliphatic rings. The molecule has 0 aliphatic heterocycles. The molecule has 230 valence electrons. The Morgan fingerprint density at radius 1 is 0.490 bits per heavy atom. The van der Waals surface area contributed by atoms with Crippen LogP contribution in [0.5, 0.6) is 0 Å². The van der Waals surface area contributed by atoms with Crippen molar-refractivity contribution in [1.29, 1.82) is 10.5 Å². The zero-order valence-corrected chi connectivity index (χ0v) is 26.8.